The maximum atomic E-state index is 14.9. The fraction of sp³-hybridized carbons (Fsp3) is 0.333. The van der Waals surface area contributed by atoms with Crippen LogP contribution in [0.2, 0.25) is 0 Å². The van der Waals surface area contributed by atoms with Gasteiger partial charge in [0.15, 0.2) is 0 Å². The minimum atomic E-state index is -0.585. The van der Waals surface area contributed by atoms with Crippen LogP contribution in [0.1, 0.15) is 28.8 Å². The number of hydrogen-bond donors (Lipinski definition) is 2. The number of nitrogens with zero attached hydrogens (tertiary/aromatic N) is 3. The number of nitrogen functional groups attached to an aromatic ring is 1. The monoisotopic (exact) mass is 459 g/mol. The summed E-state index contributed by atoms with van der Waals surface area (Å²) in [5.74, 6) is -0.510. The Morgan fingerprint density at radius 2 is 1.71 bits per heavy atom. The molecule has 1 fully saturated rings. The van der Waals surface area contributed by atoms with Crippen LogP contribution in [0.3, 0.4) is 0 Å². The molecule has 0 aliphatic carbocycles. The number of benzene rings is 2. The molecule has 3 aromatic rings. The third-order valence-corrected chi connectivity index (χ3v) is 7.08. The van der Waals surface area contributed by atoms with Crippen molar-refractivity contribution >= 4 is 17.4 Å². The lowest BCUT2D eigenvalue weighted by Crippen LogP contribution is -2.41. The molecule has 0 radical (unpaired) electrons. The first-order valence-corrected chi connectivity index (χ1v) is 11.8. The van der Waals surface area contributed by atoms with Crippen LogP contribution in [0.5, 0.6) is 0 Å². The molecular weight excluding hydrogens is 429 g/mol. The third kappa shape index (κ3) is 4.23. The van der Waals surface area contributed by atoms with Gasteiger partial charge in [-0.2, -0.15) is 4.39 Å². The van der Waals surface area contributed by atoms with E-state index in [0.717, 1.165) is 54.7 Å². The highest BCUT2D eigenvalue weighted by atomic mass is 19.1. The molecule has 3 N–H and O–H groups in total. The molecule has 0 bridgehead atoms. The summed E-state index contributed by atoms with van der Waals surface area (Å²) in [5, 5.41) is 2.85. The van der Waals surface area contributed by atoms with E-state index < -0.39 is 5.95 Å². The van der Waals surface area contributed by atoms with Crippen molar-refractivity contribution in [2.24, 2.45) is 0 Å². The van der Waals surface area contributed by atoms with E-state index >= 15 is 0 Å². The van der Waals surface area contributed by atoms with Gasteiger partial charge in [-0.05, 0) is 74.3 Å². The number of anilines is 2. The van der Waals surface area contributed by atoms with E-state index in [9.17, 15) is 9.18 Å². The number of piperidine rings is 1. The molecule has 0 atom stereocenters. The Balaban J connectivity index is 1.42. The number of hydrogen-bond acceptors (Lipinski definition) is 5. The summed E-state index contributed by atoms with van der Waals surface area (Å²) in [6, 6.07) is 16.0. The number of rotatable bonds is 4. The molecule has 176 valence electrons. The van der Waals surface area contributed by atoms with E-state index in [1.54, 1.807) is 12.1 Å². The molecule has 1 aromatic heterocycles. The highest BCUT2D eigenvalue weighted by Gasteiger charge is 2.22. The smallest absolute Gasteiger partial charge is 0.251 e. The van der Waals surface area contributed by atoms with Crippen LogP contribution in [0.4, 0.5) is 15.9 Å². The Hall–Kier alpha value is -3.45. The number of amides is 1. The lowest BCUT2D eigenvalue weighted by atomic mass is 9.94. The van der Waals surface area contributed by atoms with Crippen LogP contribution >= 0.6 is 0 Å². The van der Waals surface area contributed by atoms with E-state index in [0.29, 0.717) is 29.3 Å². The first-order chi connectivity index (χ1) is 16.4. The molecular formula is C27H30FN5O. The number of fused-ring (bicyclic) bond motifs is 1. The molecule has 5 rings (SSSR count). The maximum absolute atomic E-state index is 14.9. The Morgan fingerprint density at radius 3 is 2.41 bits per heavy atom. The minimum Gasteiger partial charge on any atom is -0.383 e. The minimum absolute atomic E-state index is 0.0651. The maximum Gasteiger partial charge on any atom is 0.251 e. The second-order valence-corrected chi connectivity index (χ2v) is 9.37. The number of carbonyl (C=O) groups excluding carboxylic acids is 1. The molecule has 2 aliphatic rings. The van der Waals surface area contributed by atoms with Gasteiger partial charge < -0.3 is 20.9 Å². The van der Waals surface area contributed by atoms with Crippen LogP contribution in [-0.2, 0) is 6.42 Å². The predicted molar refractivity (Wildman–Crippen MR) is 134 cm³/mol. The first-order valence-electron chi connectivity index (χ1n) is 11.8. The molecule has 1 amide bonds. The largest absolute Gasteiger partial charge is 0.383 e. The van der Waals surface area contributed by atoms with Crippen molar-refractivity contribution in [1.29, 1.82) is 0 Å². The lowest BCUT2D eigenvalue weighted by molar-refractivity contribution is 0.0946. The van der Waals surface area contributed by atoms with Gasteiger partial charge in [0, 0.05) is 48.1 Å². The summed E-state index contributed by atoms with van der Waals surface area (Å²) >= 11 is 0. The Morgan fingerprint density at radius 1 is 1.00 bits per heavy atom. The standard InChI is InChI=1S/C27H30FN5O/c1-32(2)20-10-13-33(14-11-20)21-6-3-17(4-7-21)23-16-24(26(29)31-25(23)28)18-5-8-22-19(15-18)9-12-30-27(22)34/h3-8,15-16,20H,9-14H2,1-2H3,(H2,29,31)(H,30,34). The molecule has 0 spiro atoms. The molecule has 2 aliphatic heterocycles. The lowest BCUT2D eigenvalue weighted by Gasteiger charge is -2.36. The number of halogens is 1. The van der Waals surface area contributed by atoms with E-state index in [-0.39, 0.29) is 11.7 Å². The van der Waals surface area contributed by atoms with E-state index in [1.807, 2.05) is 24.3 Å². The number of carbonyl (C=O) groups is 1. The van der Waals surface area contributed by atoms with Crippen LogP contribution in [0, 0.1) is 5.95 Å². The second kappa shape index (κ2) is 9.06. The average Bonchev–Trinajstić information content (AvgIpc) is 2.84. The number of nitrogens with one attached hydrogen (secondary N) is 1. The Kier molecular flexibility index (Phi) is 5.96. The summed E-state index contributed by atoms with van der Waals surface area (Å²) in [4.78, 5) is 20.8. The van der Waals surface area contributed by atoms with Gasteiger partial charge in [-0.3, -0.25) is 4.79 Å². The van der Waals surface area contributed by atoms with Gasteiger partial charge in [-0.25, -0.2) is 4.98 Å². The summed E-state index contributed by atoms with van der Waals surface area (Å²) in [7, 11) is 4.28. The molecule has 1 saturated heterocycles. The SMILES string of the molecule is CN(C)C1CCN(c2ccc(-c3cc(-c4ccc5c(c4)CCNC5=O)c(N)nc3F)cc2)CC1. The molecule has 3 heterocycles. The van der Waals surface area contributed by atoms with Gasteiger partial charge in [-0.1, -0.05) is 24.3 Å². The summed E-state index contributed by atoms with van der Waals surface area (Å²) in [5.41, 5.74) is 11.6. The van der Waals surface area contributed by atoms with Gasteiger partial charge in [0.1, 0.15) is 5.82 Å². The Bertz CT molecular complexity index is 1220. The summed E-state index contributed by atoms with van der Waals surface area (Å²) in [6.07, 6.45) is 3.03. The third-order valence-electron chi connectivity index (χ3n) is 7.08. The Labute approximate surface area is 199 Å². The van der Waals surface area contributed by atoms with Crippen molar-refractivity contribution in [2.75, 3.05) is 44.4 Å². The molecule has 34 heavy (non-hydrogen) atoms. The van der Waals surface area contributed by atoms with Gasteiger partial charge in [0.05, 0.1) is 0 Å². The van der Waals surface area contributed by atoms with Crippen LogP contribution in [0.25, 0.3) is 22.3 Å². The average molecular weight is 460 g/mol. The van der Waals surface area contributed by atoms with E-state index in [2.05, 4.69) is 46.3 Å². The van der Waals surface area contributed by atoms with Crippen molar-refractivity contribution in [2.45, 2.75) is 25.3 Å². The van der Waals surface area contributed by atoms with Gasteiger partial charge in [0.2, 0.25) is 5.95 Å². The van der Waals surface area contributed by atoms with E-state index in [1.165, 1.54) is 0 Å². The zero-order valence-electron chi connectivity index (χ0n) is 19.6. The second-order valence-electron chi connectivity index (χ2n) is 9.37. The quantitative estimate of drug-likeness (QED) is 0.578. The molecule has 0 saturated carbocycles. The van der Waals surface area contributed by atoms with Crippen molar-refractivity contribution in [3.05, 3.63) is 65.6 Å². The number of aromatic nitrogens is 1. The predicted octanol–water partition coefficient (Wildman–Crippen LogP) is 3.95. The highest BCUT2D eigenvalue weighted by Crippen LogP contribution is 2.34. The van der Waals surface area contributed by atoms with Crippen molar-refractivity contribution in [1.82, 2.24) is 15.2 Å². The van der Waals surface area contributed by atoms with Crippen LogP contribution in [-0.4, -0.2) is 55.6 Å². The van der Waals surface area contributed by atoms with Gasteiger partial charge in [0.25, 0.3) is 5.91 Å². The topological polar surface area (TPSA) is 74.5 Å². The van der Waals surface area contributed by atoms with Crippen molar-refractivity contribution in [3.8, 4) is 22.3 Å². The first kappa shape index (κ1) is 22.3. The molecule has 0 unspecified atom stereocenters. The fourth-order valence-corrected chi connectivity index (χ4v) is 5.03. The van der Waals surface area contributed by atoms with Gasteiger partial charge >= 0.3 is 0 Å². The van der Waals surface area contributed by atoms with Gasteiger partial charge in [-0.15, -0.1) is 0 Å². The van der Waals surface area contributed by atoms with Crippen molar-refractivity contribution in [3.63, 3.8) is 0 Å². The number of pyridine rings is 1. The molecule has 6 nitrogen and oxygen atoms in total. The normalized spacial score (nSPS) is 16.5. The van der Waals surface area contributed by atoms with Crippen LogP contribution in [0.15, 0.2) is 48.5 Å². The van der Waals surface area contributed by atoms with Crippen molar-refractivity contribution < 1.29 is 9.18 Å². The zero-order valence-corrected chi connectivity index (χ0v) is 19.6. The summed E-state index contributed by atoms with van der Waals surface area (Å²) < 4.78 is 14.9. The van der Waals surface area contributed by atoms with Crippen LogP contribution < -0.4 is 16.0 Å². The molecule has 2 aromatic carbocycles. The summed E-state index contributed by atoms with van der Waals surface area (Å²) in [6.45, 7) is 2.64. The number of nitrogens with two attached hydrogens (primary N) is 1. The van der Waals surface area contributed by atoms with E-state index in [4.69, 9.17) is 5.73 Å². The zero-order chi connectivity index (χ0) is 23.8. The molecule has 7 heteroatoms. The fourth-order valence-electron chi connectivity index (χ4n) is 5.03. The highest BCUT2D eigenvalue weighted by molar-refractivity contribution is 5.97.